The zero-order valence-electron chi connectivity index (χ0n) is 20.2. The van der Waals surface area contributed by atoms with Gasteiger partial charge in [-0.15, -0.1) is 0 Å². The number of carbonyl (C=O) groups excluding carboxylic acids is 2. The van der Waals surface area contributed by atoms with Crippen LogP contribution in [0, 0.1) is 13.8 Å². The second-order valence-corrected chi connectivity index (χ2v) is 10.1. The normalized spacial score (nSPS) is 13.3. The summed E-state index contributed by atoms with van der Waals surface area (Å²) >= 11 is 7.38. The summed E-state index contributed by atoms with van der Waals surface area (Å²) < 4.78 is 5.86. The molecule has 0 spiro atoms. The minimum absolute atomic E-state index is 0.227. The topological polar surface area (TPSA) is 58.6 Å². The summed E-state index contributed by atoms with van der Waals surface area (Å²) in [5.41, 5.74) is 3.37. The number of hydrogen-bond donors (Lipinski definition) is 1. The number of nitrogens with zero attached hydrogens (tertiary/aromatic N) is 1. The number of anilines is 2. The van der Waals surface area contributed by atoms with Crippen molar-refractivity contribution in [2.45, 2.75) is 18.7 Å². The van der Waals surface area contributed by atoms with E-state index in [1.54, 1.807) is 36.4 Å². The van der Waals surface area contributed by atoms with Crippen molar-refractivity contribution in [2.24, 2.45) is 0 Å². The van der Waals surface area contributed by atoms with Gasteiger partial charge < -0.3 is 10.1 Å². The van der Waals surface area contributed by atoms with Gasteiger partial charge in [0, 0.05) is 15.6 Å². The van der Waals surface area contributed by atoms with Crippen LogP contribution in [-0.4, -0.2) is 11.8 Å². The molecule has 37 heavy (non-hydrogen) atoms. The van der Waals surface area contributed by atoms with Gasteiger partial charge in [0.25, 0.3) is 11.8 Å². The molecule has 0 aliphatic carbocycles. The molecule has 7 heteroatoms. The molecule has 1 aliphatic rings. The maximum absolute atomic E-state index is 13.6. The van der Waals surface area contributed by atoms with Crippen LogP contribution in [0.3, 0.4) is 0 Å². The molecule has 0 unspecified atom stereocenters. The highest BCUT2D eigenvalue weighted by Crippen LogP contribution is 2.39. The highest BCUT2D eigenvalue weighted by Gasteiger charge is 2.40. The molecule has 1 N–H and O–H groups in total. The summed E-state index contributed by atoms with van der Waals surface area (Å²) in [4.78, 5) is 29.7. The number of ether oxygens (including phenoxy) is 1. The van der Waals surface area contributed by atoms with Crippen LogP contribution < -0.4 is 15.0 Å². The van der Waals surface area contributed by atoms with Crippen molar-refractivity contribution >= 4 is 46.6 Å². The highest BCUT2D eigenvalue weighted by atomic mass is 35.5. The fourth-order valence-corrected chi connectivity index (χ4v) is 5.02. The lowest BCUT2D eigenvalue weighted by Crippen LogP contribution is -2.32. The average Bonchev–Trinajstić information content (AvgIpc) is 3.12. The third kappa shape index (κ3) is 5.40. The Balaban J connectivity index is 1.46. The molecule has 0 aromatic heterocycles. The number of nitrogens with one attached hydrogen (secondary N) is 1. The van der Waals surface area contributed by atoms with E-state index in [1.807, 2.05) is 74.5 Å². The molecule has 1 aliphatic heterocycles. The van der Waals surface area contributed by atoms with E-state index < -0.39 is 5.91 Å². The van der Waals surface area contributed by atoms with Gasteiger partial charge >= 0.3 is 0 Å². The summed E-state index contributed by atoms with van der Waals surface area (Å²) in [5, 5.41) is 3.80. The molecule has 0 saturated heterocycles. The van der Waals surface area contributed by atoms with Gasteiger partial charge in [-0.3, -0.25) is 9.59 Å². The van der Waals surface area contributed by atoms with Crippen molar-refractivity contribution < 1.29 is 14.3 Å². The maximum atomic E-state index is 13.6. The first-order chi connectivity index (χ1) is 17.9. The van der Waals surface area contributed by atoms with Gasteiger partial charge in [-0.1, -0.05) is 59.3 Å². The van der Waals surface area contributed by atoms with E-state index in [0.717, 1.165) is 16.0 Å². The van der Waals surface area contributed by atoms with Gasteiger partial charge in [0.05, 0.1) is 5.69 Å². The fourth-order valence-electron chi connectivity index (χ4n) is 3.86. The Kier molecular flexibility index (Phi) is 7.04. The van der Waals surface area contributed by atoms with Crippen molar-refractivity contribution in [1.29, 1.82) is 0 Å². The average molecular weight is 527 g/mol. The zero-order valence-corrected chi connectivity index (χ0v) is 21.8. The molecule has 4 aromatic carbocycles. The van der Waals surface area contributed by atoms with Crippen molar-refractivity contribution in [3.8, 4) is 11.5 Å². The smallest absolute Gasteiger partial charge is 0.283 e. The van der Waals surface area contributed by atoms with Crippen LogP contribution in [0.4, 0.5) is 11.4 Å². The van der Waals surface area contributed by atoms with Gasteiger partial charge in [0.1, 0.15) is 22.1 Å². The summed E-state index contributed by atoms with van der Waals surface area (Å²) in [5.74, 6) is 0.491. The highest BCUT2D eigenvalue weighted by molar-refractivity contribution is 8.04. The van der Waals surface area contributed by atoms with Crippen LogP contribution in [-0.2, 0) is 9.59 Å². The number of amides is 2. The van der Waals surface area contributed by atoms with E-state index in [1.165, 1.54) is 16.7 Å². The van der Waals surface area contributed by atoms with Gasteiger partial charge in [-0.05, 0) is 86.1 Å². The minimum atomic E-state index is -0.425. The van der Waals surface area contributed by atoms with Crippen LogP contribution >= 0.6 is 23.4 Å². The SMILES string of the molecule is Cc1ccc(SC2=C(Nc3ccc(Cl)cc3C)C(=O)N(c3ccc(Oc4ccccc4)cc3)C2=O)cc1. The van der Waals surface area contributed by atoms with Gasteiger partial charge in [0.2, 0.25) is 0 Å². The number of hydrogen-bond acceptors (Lipinski definition) is 5. The van der Waals surface area contributed by atoms with E-state index in [0.29, 0.717) is 32.8 Å². The monoisotopic (exact) mass is 526 g/mol. The molecule has 5 nitrogen and oxygen atoms in total. The Hall–Kier alpha value is -4.00. The maximum Gasteiger partial charge on any atom is 0.283 e. The number of thioether (sulfide) groups is 1. The summed E-state index contributed by atoms with van der Waals surface area (Å²) in [6, 6.07) is 29.5. The van der Waals surface area contributed by atoms with E-state index >= 15 is 0 Å². The number of imide groups is 1. The van der Waals surface area contributed by atoms with E-state index in [4.69, 9.17) is 16.3 Å². The predicted octanol–water partition coefficient (Wildman–Crippen LogP) is 7.74. The first-order valence-electron chi connectivity index (χ1n) is 11.6. The van der Waals surface area contributed by atoms with Gasteiger partial charge in [-0.2, -0.15) is 0 Å². The molecule has 0 radical (unpaired) electrons. The first kappa shape index (κ1) is 24.7. The molecular formula is C30H23ClN2O3S. The van der Waals surface area contributed by atoms with Crippen molar-refractivity contribution in [3.05, 3.63) is 124 Å². The zero-order chi connectivity index (χ0) is 25.9. The molecule has 5 rings (SSSR count). The largest absolute Gasteiger partial charge is 0.457 e. The first-order valence-corrected chi connectivity index (χ1v) is 12.8. The lowest BCUT2D eigenvalue weighted by Gasteiger charge is -2.16. The predicted molar refractivity (Wildman–Crippen MR) is 149 cm³/mol. The van der Waals surface area contributed by atoms with Crippen LogP contribution in [0.5, 0.6) is 11.5 Å². The second-order valence-electron chi connectivity index (χ2n) is 8.56. The van der Waals surface area contributed by atoms with Crippen LogP contribution in [0.2, 0.25) is 5.02 Å². The van der Waals surface area contributed by atoms with Crippen LogP contribution in [0.15, 0.2) is 113 Å². The summed E-state index contributed by atoms with van der Waals surface area (Å²) in [6.45, 7) is 3.90. The standard InChI is InChI=1S/C30H23ClN2O3S/c1-19-8-15-25(16-9-19)37-28-27(32-26-17-10-21(31)18-20(26)2)29(34)33(30(28)35)22-11-13-24(14-12-22)36-23-6-4-3-5-7-23/h3-18,32H,1-2H3. The van der Waals surface area contributed by atoms with Crippen molar-refractivity contribution in [1.82, 2.24) is 0 Å². The second kappa shape index (κ2) is 10.5. The molecule has 0 atom stereocenters. The number of benzene rings is 4. The molecule has 2 amide bonds. The molecule has 0 fully saturated rings. The van der Waals surface area contributed by atoms with Crippen LogP contribution in [0.1, 0.15) is 11.1 Å². The van der Waals surface area contributed by atoms with E-state index in [2.05, 4.69) is 5.32 Å². The Bertz CT molecular complexity index is 1500. The van der Waals surface area contributed by atoms with E-state index in [-0.39, 0.29) is 11.6 Å². The molecule has 4 aromatic rings. The Labute approximate surface area is 224 Å². The van der Waals surface area contributed by atoms with Gasteiger partial charge in [0.15, 0.2) is 0 Å². The number of carbonyl (C=O) groups is 2. The number of para-hydroxylation sites is 1. The van der Waals surface area contributed by atoms with Crippen molar-refractivity contribution in [2.75, 3.05) is 10.2 Å². The lowest BCUT2D eigenvalue weighted by atomic mass is 10.2. The van der Waals surface area contributed by atoms with E-state index in [9.17, 15) is 9.59 Å². The number of halogens is 1. The number of rotatable bonds is 7. The quantitative estimate of drug-likeness (QED) is 0.250. The molecule has 1 heterocycles. The summed E-state index contributed by atoms with van der Waals surface area (Å²) in [6.07, 6.45) is 0. The third-order valence-corrected chi connectivity index (χ3v) is 7.13. The summed E-state index contributed by atoms with van der Waals surface area (Å²) in [7, 11) is 0. The molecule has 184 valence electrons. The van der Waals surface area contributed by atoms with Gasteiger partial charge in [-0.25, -0.2) is 4.90 Å². The van der Waals surface area contributed by atoms with Crippen LogP contribution in [0.25, 0.3) is 0 Å². The molecule has 0 bridgehead atoms. The molecular weight excluding hydrogens is 504 g/mol. The minimum Gasteiger partial charge on any atom is -0.457 e. The Morgan fingerprint density at radius 1 is 0.784 bits per heavy atom. The number of aryl methyl sites for hydroxylation is 2. The Morgan fingerprint density at radius 3 is 2.14 bits per heavy atom. The fraction of sp³-hybridized carbons (Fsp3) is 0.0667. The molecule has 0 saturated carbocycles. The third-order valence-electron chi connectivity index (χ3n) is 5.80. The van der Waals surface area contributed by atoms with Crippen molar-refractivity contribution in [3.63, 3.8) is 0 Å². The Morgan fingerprint density at radius 2 is 1.46 bits per heavy atom. The lowest BCUT2D eigenvalue weighted by molar-refractivity contribution is -0.120.